The Morgan fingerprint density at radius 2 is 2.00 bits per heavy atom. The van der Waals surface area contributed by atoms with Crippen molar-refractivity contribution in [2.45, 2.75) is 25.4 Å². The molecule has 1 saturated heterocycles. The molecular formula is C11H11ClO2. The first-order chi connectivity index (χ1) is 6.75. The van der Waals surface area contributed by atoms with Crippen LogP contribution in [0.25, 0.3) is 0 Å². The summed E-state index contributed by atoms with van der Waals surface area (Å²) in [5.74, 6) is -0.101. The van der Waals surface area contributed by atoms with Gasteiger partial charge in [0.2, 0.25) is 0 Å². The Morgan fingerprint density at radius 3 is 2.64 bits per heavy atom. The Morgan fingerprint density at radius 1 is 1.29 bits per heavy atom. The predicted molar refractivity (Wildman–Crippen MR) is 54.1 cm³/mol. The van der Waals surface area contributed by atoms with Crippen LogP contribution in [0.2, 0.25) is 5.02 Å². The Bertz CT molecular complexity index is 332. The first-order valence-electron chi connectivity index (χ1n) is 4.70. The van der Waals surface area contributed by atoms with E-state index in [1.807, 2.05) is 24.3 Å². The number of carbonyl (C=O) groups is 1. The van der Waals surface area contributed by atoms with E-state index in [0.29, 0.717) is 11.4 Å². The van der Waals surface area contributed by atoms with Gasteiger partial charge in [-0.1, -0.05) is 23.7 Å². The summed E-state index contributed by atoms with van der Waals surface area (Å²) < 4.78 is 5.23. The Balaban J connectivity index is 2.14. The van der Waals surface area contributed by atoms with Crippen LogP contribution in [0.1, 0.15) is 30.9 Å². The van der Waals surface area contributed by atoms with Crippen molar-refractivity contribution in [3.63, 3.8) is 0 Å². The van der Waals surface area contributed by atoms with Crippen molar-refractivity contribution in [1.82, 2.24) is 0 Å². The number of hydrogen-bond acceptors (Lipinski definition) is 2. The molecule has 14 heavy (non-hydrogen) atoms. The van der Waals surface area contributed by atoms with Crippen molar-refractivity contribution in [2.75, 3.05) is 0 Å². The SMILES string of the molecule is O=C1CCC[C@@H](c2ccc(Cl)cc2)O1. The number of rotatable bonds is 1. The summed E-state index contributed by atoms with van der Waals surface area (Å²) >= 11 is 5.77. The molecule has 0 saturated carbocycles. The van der Waals surface area contributed by atoms with Crippen LogP contribution >= 0.6 is 11.6 Å². The number of hydrogen-bond donors (Lipinski definition) is 0. The summed E-state index contributed by atoms with van der Waals surface area (Å²) in [5, 5.41) is 0.705. The highest BCUT2D eigenvalue weighted by Crippen LogP contribution is 2.28. The van der Waals surface area contributed by atoms with Crippen LogP contribution < -0.4 is 0 Å². The third-order valence-electron chi connectivity index (χ3n) is 2.36. The lowest BCUT2D eigenvalue weighted by atomic mass is 10.0. The lowest BCUT2D eigenvalue weighted by Crippen LogP contribution is -2.16. The average Bonchev–Trinajstić information content (AvgIpc) is 2.19. The second-order valence-corrected chi connectivity index (χ2v) is 3.86. The molecule has 3 heteroatoms. The highest BCUT2D eigenvalue weighted by Gasteiger charge is 2.21. The molecule has 1 aromatic rings. The molecule has 0 radical (unpaired) electrons. The zero-order valence-corrected chi connectivity index (χ0v) is 8.46. The Labute approximate surface area is 87.8 Å². The van der Waals surface area contributed by atoms with Gasteiger partial charge in [0.25, 0.3) is 0 Å². The van der Waals surface area contributed by atoms with Crippen molar-refractivity contribution >= 4 is 17.6 Å². The number of carbonyl (C=O) groups excluding carboxylic acids is 1. The molecule has 0 aliphatic carbocycles. The molecule has 1 atom stereocenters. The molecular weight excluding hydrogens is 200 g/mol. The van der Waals surface area contributed by atoms with Crippen LogP contribution in [0.5, 0.6) is 0 Å². The zero-order chi connectivity index (χ0) is 9.97. The van der Waals surface area contributed by atoms with Crippen LogP contribution in [0.3, 0.4) is 0 Å². The van der Waals surface area contributed by atoms with E-state index in [2.05, 4.69) is 0 Å². The molecule has 74 valence electrons. The lowest BCUT2D eigenvalue weighted by molar-refractivity contribution is -0.154. The van der Waals surface area contributed by atoms with E-state index in [0.717, 1.165) is 18.4 Å². The smallest absolute Gasteiger partial charge is 0.306 e. The fourth-order valence-electron chi connectivity index (χ4n) is 1.62. The molecule has 0 spiro atoms. The Hall–Kier alpha value is -1.02. The molecule has 2 rings (SSSR count). The number of esters is 1. The second kappa shape index (κ2) is 4.01. The third-order valence-corrected chi connectivity index (χ3v) is 2.61. The van der Waals surface area contributed by atoms with Gasteiger partial charge in [-0.25, -0.2) is 0 Å². The number of ether oxygens (including phenoxy) is 1. The molecule has 1 aliphatic rings. The summed E-state index contributed by atoms with van der Waals surface area (Å²) in [4.78, 5) is 11.1. The number of halogens is 1. The minimum Gasteiger partial charge on any atom is -0.457 e. The fraction of sp³-hybridized carbons (Fsp3) is 0.364. The predicted octanol–water partition coefficient (Wildman–Crippen LogP) is 3.11. The highest BCUT2D eigenvalue weighted by molar-refractivity contribution is 6.30. The van der Waals surface area contributed by atoms with E-state index in [1.165, 1.54) is 0 Å². The third kappa shape index (κ3) is 2.07. The van der Waals surface area contributed by atoms with Gasteiger partial charge in [-0.15, -0.1) is 0 Å². The summed E-state index contributed by atoms with van der Waals surface area (Å²) in [7, 11) is 0. The van der Waals surface area contributed by atoms with E-state index >= 15 is 0 Å². The standard InChI is InChI=1S/C11H11ClO2/c12-9-6-4-8(5-7-9)10-2-1-3-11(13)14-10/h4-7,10H,1-3H2/t10-/m0/s1. The minimum absolute atomic E-state index is 0.0754. The molecule has 0 aromatic heterocycles. The highest BCUT2D eigenvalue weighted by atomic mass is 35.5. The molecule has 1 aliphatic heterocycles. The van der Waals surface area contributed by atoms with E-state index in [9.17, 15) is 4.79 Å². The summed E-state index contributed by atoms with van der Waals surface area (Å²) in [6.07, 6.45) is 2.29. The topological polar surface area (TPSA) is 26.3 Å². The molecule has 2 nitrogen and oxygen atoms in total. The van der Waals surface area contributed by atoms with Gasteiger partial charge in [-0.05, 0) is 30.5 Å². The Kier molecular flexibility index (Phi) is 2.73. The van der Waals surface area contributed by atoms with Crippen molar-refractivity contribution in [3.8, 4) is 0 Å². The quantitative estimate of drug-likeness (QED) is 0.666. The summed E-state index contributed by atoms with van der Waals surface area (Å²) in [6, 6.07) is 7.45. The maximum Gasteiger partial charge on any atom is 0.306 e. The van der Waals surface area contributed by atoms with Gasteiger partial charge < -0.3 is 4.74 Å². The maximum absolute atomic E-state index is 11.1. The molecule has 0 amide bonds. The van der Waals surface area contributed by atoms with Crippen molar-refractivity contribution in [1.29, 1.82) is 0 Å². The minimum atomic E-state index is -0.101. The van der Waals surface area contributed by atoms with Gasteiger partial charge in [-0.3, -0.25) is 4.79 Å². The molecule has 1 fully saturated rings. The largest absolute Gasteiger partial charge is 0.457 e. The lowest BCUT2D eigenvalue weighted by Gasteiger charge is -2.22. The molecule has 0 N–H and O–H groups in total. The van der Waals surface area contributed by atoms with Crippen molar-refractivity contribution < 1.29 is 9.53 Å². The van der Waals surface area contributed by atoms with Crippen molar-refractivity contribution in [3.05, 3.63) is 34.9 Å². The molecule has 0 bridgehead atoms. The maximum atomic E-state index is 11.1. The van der Waals surface area contributed by atoms with Crippen LogP contribution in [-0.4, -0.2) is 5.97 Å². The van der Waals surface area contributed by atoms with E-state index < -0.39 is 0 Å². The van der Waals surface area contributed by atoms with Crippen LogP contribution in [-0.2, 0) is 9.53 Å². The van der Waals surface area contributed by atoms with Crippen molar-refractivity contribution in [2.24, 2.45) is 0 Å². The van der Waals surface area contributed by atoms with Gasteiger partial charge in [0, 0.05) is 11.4 Å². The number of benzene rings is 1. The van der Waals surface area contributed by atoms with Gasteiger partial charge >= 0.3 is 5.97 Å². The summed E-state index contributed by atoms with van der Waals surface area (Å²) in [5.41, 5.74) is 1.03. The first-order valence-corrected chi connectivity index (χ1v) is 5.08. The monoisotopic (exact) mass is 210 g/mol. The van der Waals surface area contributed by atoms with E-state index in [1.54, 1.807) is 0 Å². The van der Waals surface area contributed by atoms with E-state index in [4.69, 9.17) is 16.3 Å². The first kappa shape index (κ1) is 9.53. The zero-order valence-electron chi connectivity index (χ0n) is 7.70. The van der Waals surface area contributed by atoms with Gasteiger partial charge in [-0.2, -0.15) is 0 Å². The van der Waals surface area contributed by atoms with Crippen LogP contribution in [0, 0.1) is 0 Å². The van der Waals surface area contributed by atoms with E-state index in [-0.39, 0.29) is 12.1 Å². The average molecular weight is 211 g/mol. The van der Waals surface area contributed by atoms with Crippen LogP contribution in [0.15, 0.2) is 24.3 Å². The van der Waals surface area contributed by atoms with Gasteiger partial charge in [0.15, 0.2) is 0 Å². The number of cyclic esters (lactones) is 1. The second-order valence-electron chi connectivity index (χ2n) is 3.42. The summed E-state index contributed by atoms with van der Waals surface area (Å²) in [6.45, 7) is 0. The molecule has 1 heterocycles. The van der Waals surface area contributed by atoms with Crippen LogP contribution in [0.4, 0.5) is 0 Å². The normalized spacial score (nSPS) is 21.8. The molecule has 1 aromatic carbocycles. The molecule has 0 unspecified atom stereocenters. The van der Waals surface area contributed by atoms with Gasteiger partial charge in [0.1, 0.15) is 6.10 Å². The van der Waals surface area contributed by atoms with Gasteiger partial charge in [0.05, 0.1) is 0 Å². The fourth-order valence-corrected chi connectivity index (χ4v) is 1.75.